The van der Waals surface area contributed by atoms with Crippen LogP contribution in [0.15, 0.2) is 24.3 Å². The highest BCUT2D eigenvalue weighted by Gasteiger charge is 2.11. The summed E-state index contributed by atoms with van der Waals surface area (Å²) in [5.74, 6) is 1.51. The van der Waals surface area contributed by atoms with E-state index in [1.54, 1.807) is 6.92 Å². The molecule has 88 valence electrons. The van der Waals surface area contributed by atoms with Gasteiger partial charge in [0.15, 0.2) is 5.15 Å². The fourth-order valence-corrected chi connectivity index (χ4v) is 1.58. The van der Waals surface area contributed by atoms with Crippen LogP contribution >= 0.6 is 11.6 Å². The minimum atomic E-state index is 0.209. The number of nitrogen functional groups attached to an aromatic ring is 1. The first-order valence-corrected chi connectivity index (χ1v) is 5.49. The Morgan fingerprint density at radius 2 is 1.88 bits per heavy atom. The predicted octanol–water partition coefficient (Wildman–Crippen LogP) is 3.12. The quantitative estimate of drug-likeness (QED) is 0.831. The molecule has 1 aromatic carbocycles. The average molecular weight is 250 g/mol. The first-order valence-electron chi connectivity index (χ1n) is 5.11. The summed E-state index contributed by atoms with van der Waals surface area (Å²) < 4.78 is 5.64. The maximum Gasteiger partial charge on any atom is 0.247 e. The highest BCUT2D eigenvalue weighted by atomic mass is 35.5. The van der Waals surface area contributed by atoms with E-state index in [1.165, 1.54) is 0 Å². The van der Waals surface area contributed by atoms with Crippen LogP contribution in [0.3, 0.4) is 0 Å². The van der Waals surface area contributed by atoms with Crippen LogP contribution in [-0.2, 0) is 0 Å². The van der Waals surface area contributed by atoms with E-state index < -0.39 is 0 Å². The van der Waals surface area contributed by atoms with Crippen LogP contribution < -0.4 is 10.5 Å². The van der Waals surface area contributed by atoms with Gasteiger partial charge in [-0.05, 0) is 25.5 Å². The second-order valence-corrected chi connectivity index (χ2v) is 4.01. The molecule has 0 aliphatic heterocycles. The zero-order chi connectivity index (χ0) is 12.4. The van der Waals surface area contributed by atoms with E-state index in [-0.39, 0.29) is 16.7 Å². The number of nitrogens with zero attached hydrogens (tertiary/aromatic N) is 2. The number of ether oxygens (including phenoxy) is 1. The number of aromatic nitrogens is 2. The normalized spacial score (nSPS) is 10.3. The van der Waals surface area contributed by atoms with E-state index in [0.29, 0.717) is 11.6 Å². The molecule has 0 bridgehead atoms. The van der Waals surface area contributed by atoms with Crippen LogP contribution in [0.25, 0.3) is 0 Å². The number of rotatable bonds is 2. The second-order valence-electron chi connectivity index (χ2n) is 3.65. The third kappa shape index (κ3) is 2.47. The Bertz CT molecular complexity index is 557. The molecule has 1 heterocycles. The Hall–Kier alpha value is -1.81. The van der Waals surface area contributed by atoms with E-state index in [2.05, 4.69) is 9.97 Å². The molecule has 2 N–H and O–H groups in total. The van der Waals surface area contributed by atoms with Gasteiger partial charge in [0, 0.05) is 0 Å². The highest BCUT2D eigenvalue weighted by molar-refractivity contribution is 6.32. The Kier molecular flexibility index (Phi) is 3.15. The number of hydrogen-bond donors (Lipinski definition) is 1. The van der Waals surface area contributed by atoms with Crippen molar-refractivity contribution in [1.82, 2.24) is 9.97 Å². The number of aryl methyl sites for hydroxylation is 2. The molecule has 0 spiro atoms. The standard InChI is InChI=1S/C12H12ClN3O/c1-7-5-3-4-6-9(7)17-12-10(14)11(13)15-8(2)16-12/h3-6H,14H2,1-2H3. The van der Waals surface area contributed by atoms with Gasteiger partial charge in [0.1, 0.15) is 17.3 Å². The maximum atomic E-state index is 5.87. The van der Waals surface area contributed by atoms with Gasteiger partial charge in [-0.25, -0.2) is 4.98 Å². The van der Waals surface area contributed by atoms with Crippen molar-refractivity contribution in [2.45, 2.75) is 13.8 Å². The molecule has 0 radical (unpaired) electrons. The molecule has 5 heteroatoms. The number of benzene rings is 1. The van der Waals surface area contributed by atoms with Crippen molar-refractivity contribution >= 4 is 17.3 Å². The summed E-state index contributed by atoms with van der Waals surface area (Å²) >= 11 is 5.87. The van der Waals surface area contributed by atoms with Gasteiger partial charge in [0.25, 0.3) is 0 Å². The molecule has 0 amide bonds. The summed E-state index contributed by atoms with van der Waals surface area (Å²) in [6, 6.07) is 7.61. The predicted molar refractivity (Wildman–Crippen MR) is 67.4 cm³/mol. The zero-order valence-electron chi connectivity index (χ0n) is 9.57. The zero-order valence-corrected chi connectivity index (χ0v) is 10.3. The number of hydrogen-bond acceptors (Lipinski definition) is 4. The van der Waals surface area contributed by atoms with Crippen LogP contribution in [-0.4, -0.2) is 9.97 Å². The summed E-state index contributed by atoms with van der Waals surface area (Å²) in [4.78, 5) is 8.07. The summed E-state index contributed by atoms with van der Waals surface area (Å²) in [5, 5.41) is 0.209. The largest absolute Gasteiger partial charge is 0.437 e. The lowest BCUT2D eigenvalue weighted by Gasteiger charge is -2.10. The number of para-hydroxylation sites is 1. The van der Waals surface area contributed by atoms with E-state index in [9.17, 15) is 0 Å². The Balaban J connectivity index is 2.40. The van der Waals surface area contributed by atoms with Crippen LogP contribution in [0.4, 0.5) is 5.69 Å². The number of anilines is 1. The van der Waals surface area contributed by atoms with E-state index >= 15 is 0 Å². The fraction of sp³-hybridized carbons (Fsp3) is 0.167. The molecular weight excluding hydrogens is 238 g/mol. The van der Waals surface area contributed by atoms with Gasteiger partial charge in [-0.15, -0.1) is 0 Å². The van der Waals surface area contributed by atoms with Crippen molar-refractivity contribution in [2.24, 2.45) is 0 Å². The number of nitrogens with two attached hydrogens (primary N) is 1. The molecule has 17 heavy (non-hydrogen) atoms. The molecule has 0 aliphatic rings. The van der Waals surface area contributed by atoms with Gasteiger partial charge in [0.05, 0.1) is 0 Å². The lowest BCUT2D eigenvalue weighted by Crippen LogP contribution is -2.01. The van der Waals surface area contributed by atoms with Crippen molar-refractivity contribution in [3.8, 4) is 11.6 Å². The van der Waals surface area contributed by atoms with Crippen LogP contribution in [0.2, 0.25) is 5.15 Å². The summed E-state index contributed by atoms with van der Waals surface area (Å²) in [6.45, 7) is 3.68. The molecule has 1 aromatic heterocycles. The molecular formula is C12H12ClN3O. The first kappa shape index (κ1) is 11.7. The lowest BCUT2D eigenvalue weighted by molar-refractivity contribution is 0.459. The topological polar surface area (TPSA) is 61.0 Å². The molecule has 0 saturated carbocycles. The third-order valence-electron chi connectivity index (χ3n) is 2.28. The maximum absolute atomic E-state index is 5.87. The second kappa shape index (κ2) is 4.59. The van der Waals surface area contributed by atoms with E-state index in [1.807, 2.05) is 31.2 Å². The molecule has 0 fully saturated rings. The molecule has 0 unspecified atom stereocenters. The van der Waals surface area contributed by atoms with Crippen molar-refractivity contribution < 1.29 is 4.74 Å². The van der Waals surface area contributed by atoms with Crippen molar-refractivity contribution in [3.63, 3.8) is 0 Å². The number of halogens is 1. The molecule has 0 aliphatic carbocycles. The van der Waals surface area contributed by atoms with Gasteiger partial charge in [-0.1, -0.05) is 29.8 Å². The van der Waals surface area contributed by atoms with Crippen molar-refractivity contribution in [1.29, 1.82) is 0 Å². The molecule has 0 saturated heterocycles. The highest BCUT2D eigenvalue weighted by Crippen LogP contribution is 2.31. The molecule has 0 atom stereocenters. The molecule has 2 rings (SSSR count). The first-order chi connectivity index (χ1) is 8.08. The van der Waals surface area contributed by atoms with E-state index in [4.69, 9.17) is 22.1 Å². The Morgan fingerprint density at radius 3 is 2.59 bits per heavy atom. The summed E-state index contributed by atoms with van der Waals surface area (Å²) in [7, 11) is 0. The Labute approximate surface area is 104 Å². The fourth-order valence-electron chi connectivity index (χ4n) is 1.38. The SMILES string of the molecule is Cc1nc(Cl)c(N)c(Oc2ccccc2C)n1. The van der Waals surface area contributed by atoms with Crippen molar-refractivity contribution in [2.75, 3.05) is 5.73 Å². The monoisotopic (exact) mass is 249 g/mol. The minimum Gasteiger partial charge on any atom is -0.437 e. The molecule has 4 nitrogen and oxygen atoms in total. The minimum absolute atomic E-state index is 0.209. The van der Waals surface area contributed by atoms with Gasteiger partial charge in [-0.2, -0.15) is 4.98 Å². The summed E-state index contributed by atoms with van der Waals surface area (Å²) in [6.07, 6.45) is 0. The van der Waals surface area contributed by atoms with Crippen LogP contribution in [0, 0.1) is 13.8 Å². The average Bonchev–Trinajstić information content (AvgIpc) is 2.28. The van der Waals surface area contributed by atoms with Gasteiger partial charge >= 0.3 is 0 Å². The summed E-state index contributed by atoms with van der Waals surface area (Å²) in [5.41, 5.74) is 7.02. The van der Waals surface area contributed by atoms with Crippen LogP contribution in [0.1, 0.15) is 11.4 Å². The van der Waals surface area contributed by atoms with Crippen LogP contribution in [0.5, 0.6) is 11.6 Å². The van der Waals surface area contributed by atoms with Gasteiger partial charge in [-0.3, -0.25) is 0 Å². The van der Waals surface area contributed by atoms with Gasteiger partial charge < -0.3 is 10.5 Å². The third-order valence-corrected chi connectivity index (χ3v) is 2.56. The van der Waals surface area contributed by atoms with Gasteiger partial charge in [0.2, 0.25) is 5.88 Å². The lowest BCUT2D eigenvalue weighted by atomic mass is 10.2. The Morgan fingerprint density at radius 1 is 1.18 bits per heavy atom. The van der Waals surface area contributed by atoms with Crippen molar-refractivity contribution in [3.05, 3.63) is 40.8 Å². The van der Waals surface area contributed by atoms with E-state index in [0.717, 1.165) is 5.56 Å². The smallest absolute Gasteiger partial charge is 0.247 e. The molecule has 2 aromatic rings.